The van der Waals surface area contributed by atoms with Gasteiger partial charge in [-0.1, -0.05) is 24.3 Å². The van der Waals surface area contributed by atoms with Crippen LogP contribution in [0.25, 0.3) is 10.8 Å². The van der Waals surface area contributed by atoms with E-state index in [0.717, 1.165) is 9.69 Å². The fourth-order valence-electron chi connectivity index (χ4n) is 3.70. The molecular weight excluding hydrogens is 430 g/mol. The first-order valence-corrected chi connectivity index (χ1v) is 11.2. The lowest BCUT2D eigenvalue weighted by Crippen LogP contribution is -2.35. The normalized spacial score (nSPS) is 13.8. The van der Waals surface area contributed by atoms with Gasteiger partial charge in [-0.15, -0.1) is 0 Å². The highest BCUT2D eigenvalue weighted by Crippen LogP contribution is 2.41. The number of nitrogens with one attached hydrogen (secondary N) is 2. The van der Waals surface area contributed by atoms with E-state index in [9.17, 15) is 18.0 Å². The number of hydrogen-bond acceptors (Lipinski definition) is 5. The molecule has 1 aromatic heterocycles. The van der Waals surface area contributed by atoms with E-state index in [1.54, 1.807) is 60.7 Å². The number of sulfonamides is 1. The lowest BCUT2D eigenvalue weighted by Gasteiger charge is -2.18. The Labute approximate surface area is 183 Å². The third-order valence-corrected chi connectivity index (χ3v) is 6.94. The van der Waals surface area contributed by atoms with Crippen molar-refractivity contribution in [2.45, 2.75) is 4.90 Å². The molecule has 32 heavy (non-hydrogen) atoms. The van der Waals surface area contributed by atoms with E-state index in [1.807, 2.05) is 12.1 Å². The van der Waals surface area contributed by atoms with E-state index in [4.69, 9.17) is 4.42 Å². The number of nitrogens with zero attached hydrogens (tertiary/aromatic N) is 1. The predicted molar refractivity (Wildman–Crippen MR) is 120 cm³/mol. The highest BCUT2D eigenvalue weighted by Gasteiger charge is 2.36. The maximum atomic E-state index is 13.0. The first kappa shape index (κ1) is 19.8. The van der Waals surface area contributed by atoms with E-state index >= 15 is 0 Å². The molecule has 8 nitrogen and oxygen atoms in total. The molecule has 2 amide bonds. The van der Waals surface area contributed by atoms with Gasteiger partial charge in [-0.05, 0) is 53.9 Å². The second-order valence-corrected chi connectivity index (χ2v) is 9.03. The van der Waals surface area contributed by atoms with Crippen LogP contribution in [0.15, 0.2) is 88.4 Å². The number of amides is 2. The van der Waals surface area contributed by atoms with Crippen LogP contribution in [0.4, 0.5) is 17.1 Å². The molecule has 3 aromatic carbocycles. The van der Waals surface area contributed by atoms with Crippen LogP contribution in [0.2, 0.25) is 0 Å². The third-order valence-electron chi connectivity index (χ3n) is 5.14. The molecule has 0 aliphatic carbocycles. The molecule has 4 aromatic rings. The summed E-state index contributed by atoms with van der Waals surface area (Å²) in [7, 11) is -3.81. The van der Waals surface area contributed by atoms with Crippen molar-refractivity contribution < 1.29 is 22.4 Å². The number of carbonyl (C=O) groups is 2. The largest absolute Gasteiger partial charge is 0.459 e. The van der Waals surface area contributed by atoms with Crippen molar-refractivity contribution in [3.05, 3.63) is 84.8 Å². The number of benzene rings is 3. The Bertz CT molecular complexity index is 1440. The van der Waals surface area contributed by atoms with Gasteiger partial charge in [0.1, 0.15) is 6.54 Å². The van der Waals surface area contributed by atoms with Crippen LogP contribution < -0.4 is 14.9 Å². The highest BCUT2D eigenvalue weighted by molar-refractivity contribution is 7.93. The molecule has 1 aliphatic heterocycles. The van der Waals surface area contributed by atoms with Gasteiger partial charge in [-0.2, -0.15) is 0 Å². The van der Waals surface area contributed by atoms with Crippen LogP contribution in [0, 0.1) is 0 Å². The Morgan fingerprint density at radius 3 is 2.22 bits per heavy atom. The van der Waals surface area contributed by atoms with Crippen LogP contribution in [0.5, 0.6) is 0 Å². The molecule has 0 unspecified atom stereocenters. The molecule has 0 bridgehead atoms. The zero-order valence-electron chi connectivity index (χ0n) is 16.6. The number of anilines is 3. The van der Waals surface area contributed by atoms with Crippen LogP contribution in [-0.4, -0.2) is 26.8 Å². The zero-order valence-corrected chi connectivity index (χ0v) is 17.4. The predicted octanol–water partition coefficient (Wildman–Crippen LogP) is 3.83. The molecular formula is C23H17N3O5S. The summed E-state index contributed by atoms with van der Waals surface area (Å²) in [6, 6.07) is 20.0. The smallest absolute Gasteiger partial charge is 0.291 e. The second-order valence-electron chi connectivity index (χ2n) is 7.20. The van der Waals surface area contributed by atoms with Crippen molar-refractivity contribution in [2.75, 3.05) is 21.5 Å². The molecule has 160 valence electrons. The van der Waals surface area contributed by atoms with Gasteiger partial charge in [0, 0.05) is 16.8 Å². The minimum Gasteiger partial charge on any atom is -0.459 e. The average molecular weight is 447 g/mol. The zero-order chi connectivity index (χ0) is 22.3. The van der Waals surface area contributed by atoms with Gasteiger partial charge in [0.25, 0.3) is 15.9 Å². The summed E-state index contributed by atoms with van der Waals surface area (Å²) in [5, 5.41) is 6.81. The van der Waals surface area contributed by atoms with Gasteiger partial charge in [-0.3, -0.25) is 13.9 Å². The fraction of sp³-hybridized carbons (Fsp3) is 0.0435. The van der Waals surface area contributed by atoms with Crippen LogP contribution in [0.3, 0.4) is 0 Å². The van der Waals surface area contributed by atoms with Gasteiger partial charge in [0.05, 0.1) is 16.8 Å². The average Bonchev–Trinajstić information content (AvgIpc) is 3.39. The fourth-order valence-corrected chi connectivity index (χ4v) is 5.36. The van der Waals surface area contributed by atoms with E-state index in [2.05, 4.69) is 10.6 Å². The van der Waals surface area contributed by atoms with E-state index in [-0.39, 0.29) is 23.1 Å². The Morgan fingerprint density at radius 1 is 0.844 bits per heavy atom. The Hall–Kier alpha value is -4.11. The summed E-state index contributed by atoms with van der Waals surface area (Å²) in [6.45, 7) is -0.354. The molecule has 9 heteroatoms. The van der Waals surface area contributed by atoms with E-state index in [0.29, 0.717) is 22.4 Å². The molecule has 0 fully saturated rings. The summed E-state index contributed by atoms with van der Waals surface area (Å²) in [5.74, 6) is -0.684. The monoisotopic (exact) mass is 447 g/mol. The van der Waals surface area contributed by atoms with Crippen molar-refractivity contribution in [3.63, 3.8) is 0 Å². The molecule has 0 saturated carbocycles. The van der Waals surface area contributed by atoms with Crippen LogP contribution in [-0.2, 0) is 14.8 Å². The van der Waals surface area contributed by atoms with E-state index in [1.165, 1.54) is 6.26 Å². The molecule has 0 spiro atoms. The molecule has 5 rings (SSSR count). The number of furan rings is 1. The van der Waals surface area contributed by atoms with Crippen LogP contribution >= 0.6 is 0 Å². The van der Waals surface area contributed by atoms with E-state index < -0.39 is 15.9 Å². The minimum atomic E-state index is -3.81. The van der Waals surface area contributed by atoms with Crippen molar-refractivity contribution in [3.8, 4) is 0 Å². The Morgan fingerprint density at radius 2 is 1.53 bits per heavy atom. The second kappa shape index (κ2) is 7.54. The van der Waals surface area contributed by atoms with Gasteiger partial charge in [0.15, 0.2) is 5.76 Å². The molecule has 0 atom stereocenters. The van der Waals surface area contributed by atoms with Crippen LogP contribution in [0.1, 0.15) is 10.6 Å². The summed E-state index contributed by atoms with van der Waals surface area (Å²) in [5.41, 5.74) is 1.48. The number of carbonyl (C=O) groups excluding carboxylic acids is 2. The molecule has 2 N–H and O–H groups in total. The van der Waals surface area contributed by atoms with Gasteiger partial charge >= 0.3 is 0 Å². The first-order valence-electron chi connectivity index (χ1n) is 9.73. The Balaban J connectivity index is 1.29. The summed E-state index contributed by atoms with van der Waals surface area (Å²) in [6.07, 6.45) is 1.41. The summed E-state index contributed by atoms with van der Waals surface area (Å²) < 4.78 is 32.2. The standard InChI is InChI=1S/C23H17N3O5S/c27-21(24-16-9-11-17(12-10-16)25-23(28)19-7-3-13-31-19)14-26-18-6-1-4-15-5-2-8-20(22(15)18)32(26,29)30/h1-13H,14H2,(H,24,27)(H,25,28). The molecule has 2 heterocycles. The lowest BCUT2D eigenvalue weighted by molar-refractivity contribution is -0.114. The van der Waals surface area contributed by atoms with Gasteiger partial charge in [0.2, 0.25) is 5.91 Å². The quantitative estimate of drug-likeness (QED) is 0.483. The van der Waals surface area contributed by atoms with Gasteiger partial charge < -0.3 is 15.1 Å². The molecule has 0 radical (unpaired) electrons. The maximum Gasteiger partial charge on any atom is 0.291 e. The number of rotatable bonds is 5. The minimum absolute atomic E-state index is 0.185. The first-order chi connectivity index (χ1) is 15.4. The topological polar surface area (TPSA) is 109 Å². The maximum absolute atomic E-state index is 13.0. The Kier molecular flexibility index (Phi) is 4.67. The van der Waals surface area contributed by atoms with Crippen molar-refractivity contribution in [2.24, 2.45) is 0 Å². The lowest BCUT2D eigenvalue weighted by atomic mass is 10.1. The SMILES string of the molecule is O=C(CN1c2cccc3cccc(c23)S1(=O)=O)Nc1ccc(NC(=O)c2ccco2)cc1. The van der Waals surface area contributed by atoms with Crippen molar-refractivity contribution >= 4 is 49.7 Å². The van der Waals surface area contributed by atoms with Crippen molar-refractivity contribution in [1.82, 2.24) is 0 Å². The third kappa shape index (κ3) is 3.38. The number of hydrogen-bond donors (Lipinski definition) is 2. The summed E-state index contributed by atoms with van der Waals surface area (Å²) >= 11 is 0. The molecule has 1 aliphatic rings. The summed E-state index contributed by atoms with van der Waals surface area (Å²) in [4.78, 5) is 24.9. The van der Waals surface area contributed by atoms with Crippen molar-refractivity contribution in [1.29, 1.82) is 0 Å². The highest BCUT2D eigenvalue weighted by atomic mass is 32.2. The van der Waals surface area contributed by atoms with Gasteiger partial charge in [-0.25, -0.2) is 8.42 Å². The molecule has 0 saturated heterocycles.